The van der Waals surface area contributed by atoms with E-state index in [9.17, 15) is 0 Å². The van der Waals surface area contributed by atoms with Crippen molar-refractivity contribution in [3.8, 4) is 0 Å². The van der Waals surface area contributed by atoms with Crippen LogP contribution < -0.4 is 5.48 Å². The fourth-order valence-electron chi connectivity index (χ4n) is 2.28. The Morgan fingerprint density at radius 1 is 1.55 bits per heavy atom. The molecular weight excluding hydrogens is 158 g/mol. The van der Waals surface area contributed by atoms with Gasteiger partial charge >= 0.3 is 0 Å². The summed E-state index contributed by atoms with van der Waals surface area (Å²) in [4.78, 5) is 5.46. The summed E-state index contributed by atoms with van der Waals surface area (Å²) in [6.07, 6.45) is 4.43. The highest BCUT2D eigenvalue weighted by atomic mass is 32.2. The highest BCUT2D eigenvalue weighted by molar-refractivity contribution is 8.03. The second kappa shape index (κ2) is 2.17. The van der Waals surface area contributed by atoms with Crippen molar-refractivity contribution in [1.29, 1.82) is 0 Å². The van der Waals surface area contributed by atoms with Crippen molar-refractivity contribution in [2.24, 2.45) is 5.92 Å². The van der Waals surface area contributed by atoms with Crippen molar-refractivity contribution >= 4 is 11.8 Å². The smallest absolute Gasteiger partial charge is 0.0948 e. The maximum absolute atomic E-state index is 5.46. The second-order valence-corrected chi connectivity index (χ2v) is 4.58. The molecule has 0 bridgehead atoms. The first-order chi connectivity index (χ1) is 5.45. The molecule has 0 aromatic carbocycles. The Balaban J connectivity index is 1.95. The van der Waals surface area contributed by atoms with Crippen molar-refractivity contribution in [3.05, 3.63) is 11.1 Å². The molecular formula is C8H11NOS. The molecule has 3 rings (SSSR count). The summed E-state index contributed by atoms with van der Waals surface area (Å²) in [7, 11) is 0. The van der Waals surface area contributed by atoms with Crippen molar-refractivity contribution in [2.75, 3.05) is 0 Å². The Morgan fingerprint density at radius 3 is 3.55 bits per heavy atom. The zero-order valence-electron chi connectivity index (χ0n) is 6.25. The van der Waals surface area contributed by atoms with Crippen LogP contribution in [0.5, 0.6) is 0 Å². The summed E-state index contributed by atoms with van der Waals surface area (Å²) in [5, 5.41) is 3.06. The van der Waals surface area contributed by atoms with Gasteiger partial charge in [-0.2, -0.15) is 0 Å². The zero-order valence-corrected chi connectivity index (χ0v) is 7.06. The predicted molar refractivity (Wildman–Crippen MR) is 44.8 cm³/mol. The molecule has 0 spiro atoms. The molecule has 1 saturated carbocycles. The lowest BCUT2D eigenvalue weighted by atomic mass is 9.85. The SMILES string of the molecule is C1=C2NOC3CCCC(S1)C23. The van der Waals surface area contributed by atoms with Gasteiger partial charge in [-0.05, 0) is 24.7 Å². The van der Waals surface area contributed by atoms with Gasteiger partial charge < -0.3 is 0 Å². The van der Waals surface area contributed by atoms with E-state index in [1.807, 2.05) is 11.8 Å². The van der Waals surface area contributed by atoms with Gasteiger partial charge in [0.15, 0.2) is 0 Å². The Hall–Kier alpha value is -0.150. The van der Waals surface area contributed by atoms with E-state index in [2.05, 4.69) is 10.9 Å². The van der Waals surface area contributed by atoms with Crippen LogP contribution in [0.1, 0.15) is 19.3 Å². The molecule has 1 N–H and O–H groups in total. The molecule has 0 amide bonds. The van der Waals surface area contributed by atoms with Crippen molar-refractivity contribution in [2.45, 2.75) is 30.6 Å². The summed E-state index contributed by atoms with van der Waals surface area (Å²) in [5.41, 5.74) is 4.37. The standard InChI is InChI=1S/C8H11NOS/c1-2-6-8-5(9-10-6)4-11-7(8)3-1/h4,6-9H,1-3H2. The Labute approximate surface area is 70.3 Å². The lowest BCUT2D eigenvalue weighted by molar-refractivity contribution is 0.0110. The van der Waals surface area contributed by atoms with Gasteiger partial charge in [-0.1, -0.05) is 0 Å². The molecule has 2 nitrogen and oxygen atoms in total. The molecule has 3 unspecified atom stereocenters. The molecule has 60 valence electrons. The van der Waals surface area contributed by atoms with Crippen LogP contribution >= 0.6 is 11.8 Å². The van der Waals surface area contributed by atoms with Gasteiger partial charge in [0.25, 0.3) is 0 Å². The van der Waals surface area contributed by atoms with Crippen LogP contribution in [-0.4, -0.2) is 11.4 Å². The Bertz CT molecular complexity index is 216. The van der Waals surface area contributed by atoms with E-state index >= 15 is 0 Å². The van der Waals surface area contributed by atoms with Crippen LogP contribution in [0, 0.1) is 5.92 Å². The average molecular weight is 169 g/mol. The van der Waals surface area contributed by atoms with Crippen LogP contribution in [0.4, 0.5) is 0 Å². The third kappa shape index (κ3) is 0.783. The van der Waals surface area contributed by atoms with Gasteiger partial charge in [-0.15, -0.1) is 11.8 Å². The molecule has 1 aliphatic carbocycles. The first-order valence-corrected chi connectivity index (χ1v) is 5.16. The molecule has 0 radical (unpaired) electrons. The largest absolute Gasteiger partial charge is 0.272 e. The molecule has 11 heavy (non-hydrogen) atoms. The summed E-state index contributed by atoms with van der Waals surface area (Å²) < 4.78 is 0. The molecule has 0 aromatic rings. The van der Waals surface area contributed by atoms with E-state index in [1.165, 1.54) is 25.0 Å². The maximum atomic E-state index is 5.46. The summed E-state index contributed by atoms with van der Waals surface area (Å²) in [6, 6.07) is 0. The first-order valence-electron chi connectivity index (χ1n) is 4.22. The molecule has 0 aromatic heterocycles. The van der Waals surface area contributed by atoms with Crippen molar-refractivity contribution in [3.63, 3.8) is 0 Å². The Kier molecular flexibility index (Phi) is 1.26. The minimum atomic E-state index is 0.481. The molecule has 2 heterocycles. The second-order valence-electron chi connectivity index (χ2n) is 3.46. The fraction of sp³-hybridized carbons (Fsp3) is 0.750. The summed E-state index contributed by atoms with van der Waals surface area (Å²) >= 11 is 1.98. The van der Waals surface area contributed by atoms with Crippen LogP contribution in [0.15, 0.2) is 11.1 Å². The molecule has 3 atom stereocenters. The minimum absolute atomic E-state index is 0.481. The quantitative estimate of drug-likeness (QED) is 0.595. The third-order valence-corrected chi connectivity index (χ3v) is 4.10. The molecule has 3 heteroatoms. The van der Waals surface area contributed by atoms with Crippen LogP contribution in [-0.2, 0) is 4.84 Å². The van der Waals surface area contributed by atoms with Gasteiger partial charge in [0, 0.05) is 11.2 Å². The van der Waals surface area contributed by atoms with Crippen LogP contribution in [0.2, 0.25) is 0 Å². The monoisotopic (exact) mass is 169 g/mol. The lowest BCUT2D eigenvalue weighted by Gasteiger charge is -2.26. The van der Waals surface area contributed by atoms with Gasteiger partial charge in [0.2, 0.25) is 0 Å². The highest BCUT2D eigenvalue weighted by Crippen LogP contribution is 2.47. The fourth-order valence-corrected chi connectivity index (χ4v) is 3.60. The maximum Gasteiger partial charge on any atom is 0.0948 e. The molecule has 2 fully saturated rings. The molecule has 1 saturated heterocycles. The highest BCUT2D eigenvalue weighted by Gasteiger charge is 2.44. The number of hydrogen-bond donors (Lipinski definition) is 1. The number of thioether (sulfide) groups is 1. The van der Waals surface area contributed by atoms with Crippen LogP contribution in [0.25, 0.3) is 0 Å². The van der Waals surface area contributed by atoms with E-state index in [-0.39, 0.29) is 0 Å². The molecule has 3 aliphatic rings. The number of hydroxylamine groups is 1. The topological polar surface area (TPSA) is 21.3 Å². The predicted octanol–water partition coefficient (Wildman–Crippen LogP) is 1.65. The van der Waals surface area contributed by atoms with Crippen molar-refractivity contribution < 1.29 is 4.84 Å². The summed E-state index contributed by atoms with van der Waals surface area (Å²) in [6.45, 7) is 0. The average Bonchev–Trinajstić information content (AvgIpc) is 2.60. The molecule has 2 aliphatic heterocycles. The number of nitrogens with one attached hydrogen (secondary N) is 1. The minimum Gasteiger partial charge on any atom is -0.272 e. The van der Waals surface area contributed by atoms with Crippen LogP contribution in [0.3, 0.4) is 0 Å². The van der Waals surface area contributed by atoms with E-state index in [4.69, 9.17) is 4.84 Å². The summed E-state index contributed by atoms with van der Waals surface area (Å²) in [5.74, 6) is 0.703. The van der Waals surface area contributed by atoms with Gasteiger partial charge in [-0.25, -0.2) is 0 Å². The van der Waals surface area contributed by atoms with Gasteiger partial charge in [0.05, 0.1) is 11.8 Å². The van der Waals surface area contributed by atoms with E-state index in [1.54, 1.807) is 0 Å². The normalized spacial score (nSPS) is 46.5. The van der Waals surface area contributed by atoms with E-state index < -0.39 is 0 Å². The van der Waals surface area contributed by atoms with E-state index in [0.29, 0.717) is 12.0 Å². The first kappa shape index (κ1) is 6.38. The van der Waals surface area contributed by atoms with Crippen molar-refractivity contribution in [1.82, 2.24) is 5.48 Å². The lowest BCUT2D eigenvalue weighted by Crippen LogP contribution is -2.29. The zero-order chi connectivity index (χ0) is 7.26. The van der Waals surface area contributed by atoms with Gasteiger partial charge in [0.1, 0.15) is 0 Å². The van der Waals surface area contributed by atoms with E-state index in [0.717, 1.165) is 5.25 Å². The van der Waals surface area contributed by atoms with Gasteiger partial charge in [-0.3, -0.25) is 10.3 Å². The number of rotatable bonds is 0. The number of hydrogen-bond acceptors (Lipinski definition) is 3. The Morgan fingerprint density at radius 2 is 2.55 bits per heavy atom. The third-order valence-electron chi connectivity index (χ3n) is 2.84.